The molecule has 2 N–H and O–H groups in total. The lowest BCUT2D eigenvalue weighted by Gasteiger charge is -2.26. The van der Waals surface area contributed by atoms with Crippen LogP contribution in [0.4, 0.5) is 5.69 Å². The third-order valence-electron chi connectivity index (χ3n) is 4.48. The van der Waals surface area contributed by atoms with Gasteiger partial charge < -0.3 is 15.4 Å². The molecule has 0 bridgehead atoms. The van der Waals surface area contributed by atoms with Crippen molar-refractivity contribution in [2.75, 3.05) is 18.4 Å². The first kappa shape index (κ1) is 14.4. The second kappa shape index (κ2) is 6.48. The molecule has 4 nitrogen and oxygen atoms in total. The molecule has 1 saturated carbocycles. The topological polar surface area (TPSA) is 50.4 Å². The summed E-state index contributed by atoms with van der Waals surface area (Å²) < 4.78 is 5.87. The van der Waals surface area contributed by atoms with Gasteiger partial charge in [-0.15, -0.1) is 0 Å². The molecule has 1 aliphatic carbocycles. The zero-order chi connectivity index (χ0) is 14.7. The van der Waals surface area contributed by atoms with E-state index in [1.54, 1.807) is 0 Å². The maximum absolute atomic E-state index is 12.3. The van der Waals surface area contributed by atoms with Crippen molar-refractivity contribution in [1.82, 2.24) is 5.32 Å². The van der Waals surface area contributed by atoms with E-state index >= 15 is 0 Å². The van der Waals surface area contributed by atoms with E-state index in [9.17, 15) is 4.79 Å². The van der Waals surface area contributed by atoms with Crippen LogP contribution < -0.4 is 15.4 Å². The molecule has 114 valence electrons. The van der Waals surface area contributed by atoms with Gasteiger partial charge in [-0.25, -0.2) is 0 Å². The van der Waals surface area contributed by atoms with E-state index < -0.39 is 0 Å². The SMILES string of the molecule is CCC1CNc2cc(C(=O)CNC3CCCC3)ccc2O1. The average Bonchev–Trinajstić information content (AvgIpc) is 3.05. The van der Waals surface area contributed by atoms with Gasteiger partial charge in [0.15, 0.2) is 5.78 Å². The van der Waals surface area contributed by atoms with E-state index in [0.29, 0.717) is 12.6 Å². The number of nitrogens with one attached hydrogen (secondary N) is 2. The van der Waals surface area contributed by atoms with E-state index in [1.807, 2.05) is 18.2 Å². The number of rotatable bonds is 5. The summed E-state index contributed by atoms with van der Waals surface area (Å²) in [6.07, 6.45) is 6.17. The Morgan fingerprint density at radius 2 is 2.19 bits per heavy atom. The van der Waals surface area contributed by atoms with Crippen LogP contribution in [0, 0.1) is 0 Å². The number of ether oxygens (including phenoxy) is 1. The van der Waals surface area contributed by atoms with Gasteiger partial charge in [0, 0.05) is 11.6 Å². The lowest BCUT2D eigenvalue weighted by Crippen LogP contribution is -2.32. The molecule has 0 amide bonds. The molecule has 3 rings (SSSR count). The molecule has 1 fully saturated rings. The van der Waals surface area contributed by atoms with Crippen molar-refractivity contribution in [2.45, 2.75) is 51.2 Å². The molecule has 0 saturated heterocycles. The van der Waals surface area contributed by atoms with Crippen molar-refractivity contribution >= 4 is 11.5 Å². The summed E-state index contributed by atoms with van der Waals surface area (Å²) in [5.41, 5.74) is 1.69. The zero-order valence-electron chi connectivity index (χ0n) is 12.7. The molecular formula is C17H24N2O2. The molecule has 1 aliphatic heterocycles. The minimum absolute atomic E-state index is 0.157. The number of hydrogen-bond acceptors (Lipinski definition) is 4. The molecule has 1 unspecified atom stereocenters. The van der Waals surface area contributed by atoms with Crippen molar-refractivity contribution in [2.24, 2.45) is 0 Å². The number of carbonyl (C=O) groups is 1. The van der Waals surface area contributed by atoms with Crippen molar-refractivity contribution in [1.29, 1.82) is 0 Å². The standard InChI is InChI=1S/C17H24N2O2/c1-2-14-10-19-15-9-12(7-8-17(15)21-14)16(20)11-18-13-5-3-4-6-13/h7-9,13-14,18-19H,2-6,10-11H2,1H3. The van der Waals surface area contributed by atoms with Crippen LogP contribution in [0.5, 0.6) is 5.75 Å². The van der Waals surface area contributed by atoms with Gasteiger partial charge in [0.2, 0.25) is 0 Å². The zero-order valence-corrected chi connectivity index (χ0v) is 12.7. The van der Waals surface area contributed by atoms with Crippen LogP contribution in [0.1, 0.15) is 49.4 Å². The van der Waals surface area contributed by atoms with Gasteiger partial charge in [-0.3, -0.25) is 4.79 Å². The molecule has 0 spiro atoms. The maximum Gasteiger partial charge on any atom is 0.176 e. The Labute approximate surface area is 126 Å². The largest absolute Gasteiger partial charge is 0.486 e. The third-order valence-corrected chi connectivity index (χ3v) is 4.48. The molecule has 0 radical (unpaired) electrons. The monoisotopic (exact) mass is 288 g/mol. The van der Waals surface area contributed by atoms with Crippen molar-refractivity contribution in [3.8, 4) is 5.75 Å². The Bertz CT molecular complexity index is 510. The molecule has 4 heteroatoms. The Balaban J connectivity index is 1.61. The van der Waals surface area contributed by atoms with E-state index in [0.717, 1.165) is 30.0 Å². The number of benzene rings is 1. The fourth-order valence-electron chi connectivity index (χ4n) is 3.09. The molecule has 1 atom stereocenters. The van der Waals surface area contributed by atoms with Crippen molar-refractivity contribution in [3.05, 3.63) is 23.8 Å². The normalized spacial score (nSPS) is 21.5. The predicted octanol–water partition coefficient (Wildman–Crippen LogP) is 2.98. The Kier molecular flexibility index (Phi) is 4.44. The first-order chi connectivity index (χ1) is 10.3. The van der Waals surface area contributed by atoms with Crippen LogP contribution in [0.25, 0.3) is 0 Å². The summed E-state index contributed by atoms with van der Waals surface area (Å²) >= 11 is 0. The first-order valence-electron chi connectivity index (χ1n) is 8.07. The first-order valence-corrected chi connectivity index (χ1v) is 8.07. The van der Waals surface area contributed by atoms with E-state index in [2.05, 4.69) is 17.6 Å². The van der Waals surface area contributed by atoms with E-state index in [4.69, 9.17) is 4.74 Å². The van der Waals surface area contributed by atoms with Gasteiger partial charge in [-0.05, 0) is 37.5 Å². The van der Waals surface area contributed by atoms with E-state index in [-0.39, 0.29) is 11.9 Å². The lowest BCUT2D eigenvalue weighted by atomic mass is 10.1. The molecule has 2 aliphatic rings. The summed E-state index contributed by atoms with van der Waals surface area (Å²) in [7, 11) is 0. The third kappa shape index (κ3) is 3.38. The number of Topliss-reactive ketones (excluding diaryl/α,β-unsaturated/α-hetero) is 1. The van der Waals surface area contributed by atoms with Crippen LogP contribution in [0.15, 0.2) is 18.2 Å². The molecular weight excluding hydrogens is 264 g/mol. The van der Waals surface area contributed by atoms with Crippen LogP contribution in [-0.2, 0) is 0 Å². The molecule has 1 aromatic carbocycles. The molecule has 1 heterocycles. The van der Waals surface area contributed by atoms with Crippen LogP contribution in [0.3, 0.4) is 0 Å². The fourth-order valence-corrected chi connectivity index (χ4v) is 3.09. The Morgan fingerprint density at radius 1 is 1.38 bits per heavy atom. The number of carbonyl (C=O) groups excluding carboxylic acids is 1. The summed E-state index contributed by atoms with van der Waals surface area (Å²) in [5.74, 6) is 1.01. The summed E-state index contributed by atoms with van der Waals surface area (Å²) in [6, 6.07) is 6.22. The Morgan fingerprint density at radius 3 is 2.95 bits per heavy atom. The number of ketones is 1. The molecule has 21 heavy (non-hydrogen) atoms. The summed E-state index contributed by atoms with van der Waals surface area (Å²) in [4.78, 5) is 12.3. The second-order valence-corrected chi connectivity index (χ2v) is 6.03. The number of hydrogen-bond donors (Lipinski definition) is 2. The molecule has 1 aromatic rings. The van der Waals surface area contributed by atoms with Gasteiger partial charge in [-0.2, -0.15) is 0 Å². The highest BCUT2D eigenvalue weighted by Gasteiger charge is 2.20. The fraction of sp³-hybridized carbons (Fsp3) is 0.588. The minimum atomic E-state index is 0.157. The van der Waals surface area contributed by atoms with E-state index in [1.165, 1.54) is 25.7 Å². The van der Waals surface area contributed by atoms with Crippen LogP contribution in [-0.4, -0.2) is 31.0 Å². The average molecular weight is 288 g/mol. The van der Waals surface area contributed by atoms with Crippen molar-refractivity contribution < 1.29 is 9.53 Å². The van der Waals surface area contributed by atoms with Gasteiger partial charge in [0.25, 0.3) is 0 Å². The van der Waals surface area contributed by atoms with Gasteiger partial charge in [0.1, 0.15) is 11.9 Å². The quantitative estimate of drug-likeness (QED) is 0.818. The minimum Gasteiger partial charge on any atom is -0.486 e. The Hall–Kier alpha value is -1.55. The number of anilines is 1. The highest BCUT2D eigenvalue weighted by Crippen LogP contribution is 2.30. The number of fused-ring (bicyclic) bond motifs is 1. The van der Waals surface area contributed by atoms with Gasteiger partial charge in [0.05, 0.1) is 18.8 Å². The van der Waals surface area contributed by atoms with Gasteiger partial charge in [-0.1, -0.05) is 19.8 Å². The van der Waals surface area contributed by atoms with Crippen LogP contribution >= 0.6 is 0 Å². The highest BCUT2D eigenvalue weighted by atomic mass is 16.5. The lowest BCUT2D eigenvalue weighted by molar-refractivity contribution is 0.0987. The smallest absolute Gasteiger partial charge is 0.176 e. The highest BCUT2D eigenvalue weighted by molar-refractivity contribution is 5.98. The summed E-state index contributed by atoms with van der Waals surface area (Å²) in [6.45, 7) is 3.35. The van der Waals surface area contributed by atoms with Crippen molar-refractivity contribution in [3.63, 3.8) is 0 Å². The van der Waals surface area contributed by atoms with Gasteiger partial charge >= 0.3 is 0 Å². The summed E-state index contributed by atoms with van der Waals surface area (Å²) in [5, 5.41) is 6.73. The second-order valence-electron chi connectivity index (χ2n) is 6.03. The maximum atomic E-state index is 12.3. The van der Waals surface area contributed by atoms with Crippen LogP contribution in [0.2, 0.25) is 0 Å². The molecule has 0 aromatic heterocycles. The predicted molar refractivity (Wildman–Crippen MR) is 84.2 cm³/mol.